The van der Waals surface area contributed by atoms with E-state index in [1.54, 1.807) is 0 Å². The van der Waals surface area contributed by atoms with Crippen LogP contribution in [0.3, 0.4) is 0 Å². The molecule has 0 aromatic heterocycles. The van der Waals surface area contributed by atoms with Crippen molar-refractivity contribution in [2.45, 2.75) is 63.6 Å². The molecule has 1 aliphatic carbocycles. The number of hydrogen-bond acceptors (Lipinski definition) is 2. The minimum Gasteiger partial charge on any atom is -0.388 e. The van der Waals surface area contributed by atoms with Gasteiger partial charge in [0, 0.05) is 12.1 Å². The van der Waals surface area contributed by atoms with Crippen molar-refractivity contribution in [2.24, 2.45) is 5.92 Å². The van der Waals surface area contributed by atoms with Crippen LogP contribution >= 0.6 is 0 Å². The third-order valence-electron chi connectivity index (χ3n) is 5.19. The lowest BCUT2D eigenvalue weighted by molar-refractivity contribution is -0.136. The van der Waals surface area contributed by atoms with E-state index in [-0.39, 0.29) is 12.3 Å². The van der Waals surface area contributed by atoms with Gasteiger partial charge in [0.05, 0.1) is 12.5 Å². The number of carbonyl (C=O) groups is 1. The van der Waals surface area contributed by atoms with Crippen LogP contribution in [0.4, 0.5) is 0 Å². The fourth-order valence-electron chi connectivity index (χ4n) is 4.20. The van der Waals surface area contributed by atoms with Crippen molar-refractivity contribution in [3.63, 3.8) is 0 Å². The number of rotatable bonds is 3. The highest BCUT2D eigenvalue weighted by Crippen LogP contribution is 2.40. The predicted molar refractivity (Wildman–Crippen MR) is 82.7 cm³/mol. The minimum absolute atomic E-state index is 0.119. The molecular weight excluding hydrogens is 262 g/mol. The standard InChI is InChI=1S/C18H25NO2/c1-13-11-15-9-5-6-10-16(15)19(13)18(21)12-17(20)14-7-3-2-4-8-14/h2-4,7-8,13,15-17,20H,5-6,9-12H2,1H3. The monoisotopic (exact) mass is 287 g/mol. The molecule has 1 saturated heterocycles. The molecule has 0 radical (unpaired) electrons. The first-order valence-electron chi connectivity index (χ1n) is 8.21. The Morgan fingerprint density at radius 3 is 2.76 bits per heavy atom. The number of fused-ring (bicyclic) bond motifs is 1. The van der Waals surface area contributed by atoms with Gasteiger partial charge in [0.15, 0.2) is 0 Å². The summed E-state index contributed by atoms with van der Waals surface area (Å²) in [5.41, 5.74) is 0.831. The maximum absolute atomic E-state index is 12.7. The number of aliphatic hydroxyl groups excluding tert-OH is 1. The molecule has 2 fully saturated rings. The Labute approximate surface area is 127 Å². The molecule has 3 nitrogen and oxygen atoms in total. The van der Waals surface area contributed by atoms with Crippen LogP contribution in [0.15, 0.2) is 30.3 Å². The summed E-state index contributed by atoms with van der Waals surface area (Å²) in [5, 5.41) is 10.3. The van der Waals surface area contributed by atoms with E-state index in [2.05, 4.69) is 11.8 Å². The van der Waals surface area contributed by atoms with E-state index in [9.17, 15) is 9.90 Å². The first-order chi connectivity index (χ1) is 10.2. The van der Waals surface area contributed by atoms with Crippen molar-refractivity contribution in [3.8, 4) is 0 Å². The Kier molecular flexibility index (Phi) is 4.29. The van der Waals surface area contributed by atoms with Crippen LogP contribution in [0.1, 0.15) is 57.1 Å². The lowest BCUT2D eigenvalue weighted by atomic mass is 9.85. The van der Waals surface area contributed by atoms with Crippen molar-refractivity contribution in [1.29, 1.82) is 0 Å². The number of benzene rings is 1. The van der Waals surface area contributed by atoms with E-state index in [0.29, 0.717) is 18.0 Å². The molecule has 1 aromatic carbocycles. The molecule has 3 rings (SSSR count). The van der Waals surface area contributed by atoms with E-state index in [1.807, 2.05) is 30.3 Å². The zero-order valence-electron chi connectivity index (χ0n) is 12.7. The van der Waals surface area contributed by atoms with Crippen molar-refractivity contribution in [3.05, 3.63) is 35.9 Å². The van der Waals surface area contributed by atoms with Gasteiger partial charge in [-0.05, 0) is 37.7 Å². The van der Waals surface area contributed by atoms with E-state index in [1.165, 1.54) is 19.3 Å². The largest absolute Gasteiger partial charge is 0.388 e. The molecule has 1 aliphatic heterocycles. The summed E-state index contributed by atoms with van der Waals surface area (Å²) in [6.45, 7) is 2.16. The summed E-state index contributed by atoms with van der Waals surface area (Å²) in [5.74, 6) is 0.805. The summed E-state index contributed by atoms with van der Waals surface area (Å²) in [4.78, 5) is 14.7. The predicted octanol–water partition coefficient (Wildman–Crippen LogP) is 3.29. The Morgan fingerprint density at radius 1 is 1.29 bits per heavy atom. The van der Waals surface area contributed by atoms with Gasteiger partial charge in [0.1, 0.15) is 0 Å². The van der Waals surface area contributed by atoms with Gasteiger partial charge in [-0.25, -0.2) is 0 Å². The van der Waals surface area contributed by atoms with Crippen LogP contribution in [0, 0.1) is 5.92 Å². The van der Waals surface area contributed by atoms with Gasteiger partial charge in [0.2, 0.25) is 5.91 Å². The second kappa shape index (κ2) is 6.18. The zero-order valence-corrected chi connectivity index (χ0v) is 12.7. The lowest BCUT2D eigenvalue weighted by Crippen LogP contribution is -2.42. The summed E-state index contributed by atoms with van der Waals surface area (Å²) in [6, 6.07) is 10.2. The molecule has 1 amide bonds. The molecule has 1 N–H and O–H groups in total. The average molecular weight is 287 g/mol. The van der Waals surface area contributed by atoms with Gasteiger partial charge in [0.25, 0.3) is 0 Å². The Balaban J connectivity index is 1.67. The third-order valence-corrected chi connectivity index (χ3v) is 5.19. The van der Waals surface area contributed by atoms with Gasteiger partial charge >= 0.3 is 0 Å². The van der Waals surface area contributed by atoms with E-state index in [4.69, 9.17) is 0 Å². The fraction of sp³-hybridized carbons (Fsp3) is 0.611. The van der Waals surface area contributed by atoms with Crippen molar-refractivity contribution >= 4 is 5.91 Å². The topological polar surface area (TPSA) is 40.5 Å². The molecular formula is C18H25NO2. The van der Waals surface area contributed by atoms with Crippen molar-refractivity contribution < 1.29 is 9.90 Å². The van der Waals surface area contributed by atoms with Gasteiger partial charge < -0.3 is 10.0 Å². The van der Waals surface area contributed by atoms with Gasteiger partial charge in [-0.3, -0.25) is 4.79 Å². The molecule has 1 aromatic rings. The number of aliphatic hydroxyl groups is 1. The summed E-state index contributed by atoms with van der Waals surface area (Å²) in [6.07, 6.45) is 5.60. The Bertz CT molecular complexity index is 487. The van der Waals surface area contributed by atoms with E-state index >= 15 is 0 Å². The smallest absolute Gasteiger partial charge is 0.226 e. The minimum atomic E-state index is -0.687. The van der Waals surface area contributed by atoms with Crippen LogP contribution in [0.5, 0.6) is 0 Å². The number of carbonyl (C=O) groups excluding carboxylic acids is 1. The summed E-state index contributed by atoms with van der Waals surface area (Å²) >= 11 is 0. The van der Waals surface area contributed by atoms with Crippen molar-refractivity contribution in [1.82, 2.24) is 4.90 Å². The number of amides is 1. The van der Waals surface area contributed by atoms with Crippen molar-refractivity contribution in [2.75, 3.05) is 0 Å². The van der Waals surface area contributed by atoms with Crippen LogP contribution in [-0.2, 0) is 4.79 Å². The first-order valence-corrected chi connectivity index (χ1v) is 8.21. The third kappa shape index (κ3) is 2.98. The average Bonchev–Trinajstić information content (AvgIpc) is 2.83. The van der Waals surface area contributed by atoms with Crippen LogP contribution in [0.2, 0.25) is 0 Å². The van der Waals surface area contributed by atoms with Crippen LogP contribution in [0.25, 0.3) is 0 Å². The zero-order chi connectivity index (χ0) is 14.8. The quantitative estimate of drug-likeness (QED) is 0.926. The summed E-state index contributed by atoms with van der Waals surface area (Å²) in [7, 11) is 0. The fourth-order valence-corrected chi connectivity index (χ4v) is 4.20. The maximum Gasteiger partial charge on any atom is 0.226 e. The maximum atomic E-state index is 12.7. The molecule has 4 atom stereocenters. The second-order valence-electron chi connectivity index (χ2n) is 6.63. The molecule has 21 heavy (non-hydrogen) atoms. The number of likely N-dealkylation sites (tertiary alicyclic amines) is 1. The SMILES string of the molecule is CC1CC2CCCCC2N1C(=O)CC(O)c1ccccc1. The molecule has 114 valence electrons. The highest BCUT2D eigenvalue weighted by atomic mass is 16.3. The molecule has 1 saturated carbocycles. The Hall–Kier alpha value is -1.35. The molecule has 3 heteroatoms. The Morgan fingerprint density at radius 2 is 2.00 bits per heavy atom. The second-order valence-corrected chi connectivity index (χ2v) is 6.63. The van der Waals surface area contributed by atoms with E-state index < -0.39 is 6.10 Å². The lowest BCUT2D eigenvalue weighted by Gasteiger charge is -2.33. The normalized spacial score (nSPS) is 30.0. The van der Waals surface area contributed by atoms with Gasteiger partial charge in [-0.2, -0.15) is 0 Å². The van der Waals surface area contributed by atoms with E-state index in [0.717, 1.165) is 18.4 Å². The molecule has 0 spiro atoms. The number of hydrogen-bond donors (Lipinski definition) is 1. The first kappa shape index (κ1) is 14.6. The number of nitrogens with zero attached hydrogens (tertiary/aromatic N) is 1. The highest BCUT2D eigenvalue weighted by Gasteiger charge is 2.42. The molecule has 2 aliphatic rings. The molecule has 4 unspecified atom stereocenters. The van der Waals surface area contributed by atoms with Crippen LogP contribution in [-0.4, -0.2) is 28.0 Å². The summed E-state index contributed by atoms with van der Waals surface area (Å²) < 4.78 is 0. The van der Waals surface area contributed by atoms with Gasteiger partial charge in [-0.15, -0.1) is 0 Å². The van der Waals surface area contributed by atoms with Crippen LogP contribution < -0.4 is 0 Å². The molecule has 0 bridgehead atoms. The highest BCUT2D eigenvalue weighted by molar-refractivity contribution is 5.78. The van der Waals surface area contributed by atoms with Gasteiger partial charge in [-0.1, -0.05) is 43.2 Å². The molecule has 1 heterocycles.